The van der Waals surface area contributed by atoms with Crippen LogP contribution in [-0.4, -0.2) is 25.1 Å². The van der Waals surface area contributed by atoms with Crippen LogP contribution in [-0.2, 0) is 6.42 Å². The molecule has 2 aromatic carbocycles. The number of ether oxygens (including phenoxy) is 1. The number of rotatable bonds is 8. The fourth-order valence-corrected chi connectivity index (χ4v) is 3.96. The summed E-state index contributed by atoms with van der Waals surface area (Å²) in [7, 11) is 0. The first-order chi connectivity index (χ1) is 18.7. The molecule has 2 aromatic rings. The highest BCUT2D eigenvalue weighted by atomic mass is 16.5. The Morgan fingerprint density at radius 1 is 1.03 bits per heavy atom. The Morgan fingerprint density at radius 3 is 2.21 bits per heavy atom. The van der Waals surface area contributed by atoms with E-state index in [9.17, 15) is 0 Å². The number of benzene rings is 2. The van der Waals surface area contributed by atoms with Gasteiger partial charge in [-0.25, -0.2) is 0 Å². The van der Waals surface area contributed by atoms with Crippen LogP contribution < -0.4 is 4.74 Å². The Balaban J connectivity index is 0.000000665. The third-order valence-corrected chi connectivity index (χ3v) is 6.16. The molecule has 0 aliphatic carbocycles. The minimum absolute atomic E-state index is 0.435. The van der Waals surface area contributed by atoms with Gasteiger partial charge in [-0.15, -0.1) is 0 Å². The highest BCUT2D eigenvalue weighted by Crippen LogP contribution is 2.26. The molecule has 0 N–H and O–H groups in total. The molecule has 1 aliphatic rings. The lowest BCUT2D eigenvalue weighted by Gasteiger charge is -2.15. The van der Waals surface area contributed by atoms with Gasteiger partial charge >= 0.3 is 0 Å². The molecule has 3 heteroatoms. The Kier molecular flexibility index (Phi) is 19.0. The summed E-state index contributed by atoms with van der Waals surface area (Å²) >= 11 is 0. The van der Waals surface area contributed by atoms with Crippen LogP contribution in [0, 0.1) is 13.8 Å². The van der Waals surface area contributed by atoms with E-state index >= 15 is 0 Å². The van der Waals surface area contributed by atoms with Crippen molar-refractivity contribution in [2.45, 2.75) is 94.9 Å². The Bertz CT molecular complexity index is 1100. The van der Waals surface area contributed by atoms with Crippen molar-refractivity contribution in [3.8, 4) is 5.75 Å². The third kappa shape index (κ3) is 14.0. The van der Waals surface area contributed by atoms with E-state index in [1.807, 2.05) is 73.0 Å². The van der Waals surface area contributed by atoms with Crippen molar-refractivity contribution in [1.82, 2.24) is 0 Å². The molecule has 3 nitrogen and oxygen atoms in total. The van der Waals surface area contributed by atoms with E-state index in [0.717, 1.165) is 30.8 Å². The van der Waals surface area contributed by atoms with E-state index in [4.69, 9.17) is 4.74 Å². The van der Waals surface area contributed by atoms with Crippen LogP contribution in [0.1, 0.15) is 96.9 Å². The van der Waals surface area contributed by atoms with Gasteiger partial charge < -0.3 is 4.74 Å². The van der Waals surface area contributed by atoms with Gasteiger partial charge in [-0.2, -0.15) is 0 Å². The van der Waals surface area contributed by atoms with Gasteiger partial charge in [0.05, 0.1) is 0 Å². The molecule has 214 valence electrons. The van der Waals surface area contributed by atoms with Crippen molar-refractivity contribution in [3.05, 3.63) is 100 Å². The second-order valence-corrected chi connectivity index (χ2v) is 9.41. The second-order valence-electron chi connectivity index (χ2n) is 9.41. The van der Waals surface area contributed by atoms with Crippen molar-refractivity contribution in [2.75, 3.05) is 13.2 Å². The number of hydrogen-bond acceptors (Lipinski definition) is 3. The van der Waals surface area contributed by atoms with Gasteiger partial charge in [-0.05, 0) is 88.8 Å². The zero-order chi connectivity index (χ0) is 29.8. The standard InChI is InChI=1S/C17H21NO.C15H21N.2C2H6/c1-13(2)11-15-6-8-17(9-7-15)19-12-16-5-4-10-18-14(16)3;1-6-16-10-13(4)14(5)15-8-7-11(2)9-12(15)3;2*1-2/h5-9H,1,4,10-12H2,2-3H3;6-10,14H,1-5H3;2*1-2H3/b;13-10+,16-6?;;. The normalized spacial score (nSPS) is 13.4. The third-order valence-electron chi connectivity index (χ3n) is 6.16. The van der Waals surface area contributed by atoms with Gasteiger partial charge in [0.2, 0.25) is 0 Å². The molecule has 1 aliphatic heterocycles. The Hall–Kier alpha value is -3.20. The van der Waals surface area contributed by atoms with Crippen LogP contribution in [0.3, 0.4) is 0 Å². The average molecular weight is 531 g/mol. The molecule has 1 atom stereocenters. The van der Waals surface area contributed by atoms with E-state index in [2.05, 4.69) is 80.7 Å². The van der Waals surface area contributed by atoms with Crippen molar-refractivity contribution in [1.29, 1.82) is 0 Å². The zero-order valence-corrected chi connectivity index (χ0v) is 26.7. The number of dihydropyridines is 1. The van der Waals surface area contributed by atoms with Gasteiger partial charge in [0.1, 0.15) is 12.4 Å². The van der Waals surface area contributed by atoms with Gasteiger partial charge in [-0.3, -0.25) is 9.98 Å². The molecular formula is C36H54N2O. The number of aliphatic imine (C=N–C) groups is 2. The van der Waals surface area contributed by atoms with E-state index in [1.165, 1.54) is 39.0 Å². The summed E-state index contributed by atoms with van der Waals surface area (Å²) in [6.45, 7) is 28.1. The molecule has 0 fully saturated rings. The molecule has 0 aromatic heterocycles. The summed E-state index contributed by atoms with van der Waals surface area (Å²) in [5.74, 6) is 1.34. The quantitative estimate of drug-likeness (QED) is 0.247. The summed E-state index contributed by atoms with van der Waals surface area (Å²) in [6.07, 6.45) is 7.94. The molecule has 0 saturated carbocycles. The summed E-state index contributed by atoms with van der Waals surface area (Å²) in [4.78, 5) is 8.61. The fourth-order valence-electron chi connectivity index (χ4n) is 3.96. The van der Waals surface area contributed by atoms with Gasteiger partial charge in [0.25, 0.3) is 0 Å². The lowest BCUT2D eigenvalue weighted by Crippen LogP contribution is -2.12. The molecule has 39 heavy (non-hydrogen) atoms. The maximum Gasteiger partial charge on any atom is 0.119 e. The molecule has 0 saturated heterocycles. The highest BCUT2D eigenvalue weighted by Gasteiger charge is 2.10. The van der Waals surface area contributed by atoms with Crippen molar-refractivity contribution < 1.29 is 4.74 Å². The van der Waals surface area contributed by atoms with Crippen LogP contribution in [0.4, 0.5) is 0 Å². The maximum atomic E-state index is 5.80. The molecule has 0 bridgehead atoms. The van der Waals surface area contributed by atoms with Crippen molar-refractivity contribution >= 4 is 11.9 Å². The topological polar surface area (TPSA) is 34.0 Å². The molecule has 1 unspecified atom stereocenters. The SMILES string of the molecule is C=C(C)Cc1ccc(OCC2=CCCN=C2C)cc1.CC.CC.CC=N/C=C(\C)C(C)c1ccc(C)cc1C. The van der Waals surface area contributed by atoms with Crippen LogP contribution >= 0.6 is 0 Å². The number of allylic oxidation sites excluding steroid dienone is 2. The first-order valence-electron chi connectivity index (χ1n) is 14.5. The lowest BCUT2D eigenvalue weighted by atomic mass is 9.90. The molecule has 0 amide bonds. The summed E-state index contributed by atoms with van der Waals surface area (Å²) in [5, 5.41) is 0. The van der Waals surface area contributed by atoms with Crippen molar-refractivity contribution in [3.63, 3.8) is 0 Å². The summed E-state index contributed by atoms with van der Waals surface area (Å²) in [6, 6.07) is 14.9. The van der Waals surface area contributed by atoms with E-state index in [1.54, 1.807) is 0 Å². The fraction of sp³-hybridized carbons (Fsp3) is 0.444. The highest BCUT2D eigenvalue weighted by molar-refractivity contribution is 5.99. The largest absolute Gasteiger partial charge is 0.489 e. The Morgan fingerprint density at radius 2 is 1.67 bits per heavy atom. The van der Waals surface area contributed by atoms with Gasteiger partial charge in [-0.1, -0.05) is 88.7 Å². The van der Waals surface area contributed by atoms with E-state index in [0.29, 0.717) is 12.5 Å². The van der Waals surface area contributed by atoms with Crippen LogP contribution in [0.25, 0.3) is 0 Å². The monoisotopic (exact) mass is 530 g/mol. The minimum Gasteiger partial charge on any atom is -0.489 e. The zero-order valence-electron chi connectivity index (χ0n) is 26.7. The minimum atomic E-state index is 0.435. The predicted molar refractivity (Wildman–Crippen MR) is 176 cm³/mol. The van der Waals surface area contributed by atoms with Gasteiger partial charge in [0.15, 0.2) is 0 Å². The molecule has 1 heterocycles. The number of hydrogen-bond donors (Lipinski definition) is 0. The first kappa shape index (κ1) is 35.8. The smallest absolute Gasteiger partial charge is 0.119 e. The van der Waals surface area contributed by atoms with E-state index in [-0.39, 0.29) is 0 Å². The molecule has 0 spiro atoms. The lowest BCUT2D eigenvalue weighted by molar-refractivity contribution is 0.356. The average Bonchev–Trinajstić information content (AvgIpc) is 2.94. The number of aryl methyl sites for hydroxylation is 2. The number of nitrogens with zero attached hydrogens (tertiary/aromatic N) is 2. The van der Waals surface area contributed by atoms with Crippen molar-refractivity contribution in [2.24, 2.45) is 9.98 Å². The maximum absolute atomic E-state index is 5.80. The Labute approximate surface area is 240 Å². The van der Waals surface area contributed by atoms with E-state index < -0.39 is 0 Å². The second kappa shape index (κ2) is 20.7. The van der Waals surface area contributed by atoms with Gasteiger partial charge in [0, 0.05) is 36.2 Å². The van der Waals surface area contributed by atoms with Crippen LogP contribution in [0.15, 0.2) is 88.0 Å². The molecule has 3 rings (SSSR count). The summed E-state index contributed by atoms with van der Waals surface area (Å²) < 4.78 is 5.80. The van der Waals surface area contributed by atoms with Crippen LogP contribution in [0.5, 0.6) is 5.75 Å². The van der Waals surface area contributed by atoms with Crippen LogP contribution in [0.2, 0.25) is 0 Å². The molecular weight excluding hydrogens is 476 g/mol. The predicted octanol–water partition coefficient (Wildman–Crippen LogP) is 10.4. The summed E-state index contributed by atoms with van der Waals surface area (Å²) in [5.41, 5.74) is 10.1. The first-order valence-corrected chi connectivity index (χ1v) is 14.5. The molecule has 0 radical (unpaired) electrons.